The standard InChI is InChI=1S/C17H21ClFNO6/c1-10(2)6-13(17(23)24-3)20-15(21)8-26-16(22)9-25-14-5-4-11(19)7-12(14)18/h4-5,7,10,13H,6,8-9H2,1-3H3,(H,20,21)/t13-/m0/s1. The molecule has 0 spiro atoms. The molecule has 0 heterocycles. The van der Waals surface area contributed by atoms with Crippen LogP contribution in [0.25, 0.3) is 0 Å². The first-order valence-electron chi connectivity index (χ1n) is 7.83. The van der Waals surface area contributed by atoms with E-state index < -0.39 is 42.9 Å². The van der Waals surface area contributed by atoms with Gasteiger partial charge in [-0.2, -0.15) is 0 Å². The topological polar surface area (TPSA) is 90.9 Å². The van der Waals surface area contributed by atoms with Gasteiger partial charge >= 0.3 is 11.9 Å². The number of esters is 2. The number of ether oxygens (including phenoxy) is 3. The second kappa shape index (κ2) is 10.6. The van der Waals surface area contributed by atoms with E-state index in [1.54, 1.807) is 0 Å². The minimum absolute atomic E-state index is 0.00477. The zero-order valence-corrected chi connectivity index (χ0v) is 15.5. The van der Waals surface area contributed by atoms with Crippen LogP contribution in [0, 0.1) is 11.7 Å². The Hall–Kier alpha value is -2.35. The highest BCUT2D eigenvalue weighted by Gasteiger charge is 2.23. The van der Waals surface area contributed by atoms with E-state index in [1.807, 2.05) is 13.8 Å². The van der Waals surface area contributed by atoms with Crippen LogP contribution in [-0.4, -0.2) is 44.2 Å². The van der Waals surface area contributed by atoms with Crippen molar-refractivity contribution in [1.29, 1.82) is 0 Å². The quantitative estimate of drug-likeness (QED) is 0.650. The number of rotatable bonds is 9. The van der Waals surface area contributed by atoms with Crippen molar-refractivity contribution in [2.45, 2.75) is 26.3 Å². The Morgan fingerprint density at radius 1 is 1.23 bits per heavy atom. The fourth-order valence-electron chi connectivity index (χ4n) is 1.98. The van der Waals surface area contributed by atoms with E-state index in [4.69, 9.17) is 21.1 Å². The number of methoxy groups -OCH3 is 1. The average molecular weight is 390 g/mol. The third-order valence-electron chi connectivity index (χ3n) is 3.13. The summed E-state index contributed by atoms with van der Waals surface area (Å²) in [5, 5.41) is 2.45. The molecule has 0 unspecified atom stereocenters. The number of hydrogen-bond donors (Lipinski definition) is 1. The Morgan fingerprint density at radius 3 is 2.50 bits per heavy atom. The Bertz CT molecular complexity index is 652. The lowest BCUT2D eigenvalue weighted by molar-refractivity contribution is -0.151. The van der Waals surface area contributed by atoms with Crippen LogP contribution in [0.5, 0.6) is 5.75 Å². The monoisotopic (exact) mass is 389 g/mol. The summed E-state index contributed by atoms with van der Waals surface area (Å²) in [4.78, 5) is 35.1. The molecule has 26 heavy (non-hydrogen) atoms. The summed E-state index contributed by atoms with van der Waals surface area (Å²) in [6.07, 6.45) is 0.387. The molecule has 0 aliphatic carbocycles. The smallest absolute Gasteiger partial charge is 0.344 e. The van der Waals surface area contributed by atoms with Crippen LogP contribution in [0.2, 0.25) is 5.02 Å². The van der Waals surface area contributed by atoms with Crippen LogP contribution in [0.4, 0.5) is 4.39 Å². The third kappa shape index (κ3) is 7.69. The van der Waals surface area contributed by atoms with Crippen molar-refractivity contribution >= 4 is 29.4 Å². The SMILES string of the molecule is COC(=O)[C@H](CC(C)C)NC(=O)COC(=O)COc1ccc(F)cc1Cl. The number of halogens is 2. The summed E-state index contributed by atoms with van der Waals surface area (Å²) < 4.78 is 27.4. The van der Waals surface area contributed by atoms with E-state index in [-0.39, 0.29) is 16.7 Å². The normalized spacial score (nSPS) is 11.6. The molecular weight excluding hydrogens is 369 g/mol. The van der Waals surface area contributed by atoms with Gasteiger partial charge in [-0.15, -0.1) is 0 Å². The van der Waals surface area contributed by atoms with E-state index in [1.165, 1.54) is 13.2 Å². The van der Waals surface area contributed by atoms with Gasteiger partial charge in [-0.05, 0) is 30.5 Å². The summed E-state index contributed by atoms with van der Waals surface area (Å²) in [5.74, 6) is -2.32. The highest BCUT2D eigenvalue weighted by atomic mass is 35.5. The molecule has 1 amide bonds. The first-order chi connectivity index (χ1) is 12.2. The van der Waals surface area contributed by atoms with E-state index in [9.17, 15) is 18.8 Å². The molecule has 0 aliphatic rings. The maximum absolute atomic E-state index is 12.9. The van der Waals surface area contributed by atoms with Crippen LogP contribution in [0.1, 0.15) is 20.3 Å². The first-order valence-corrected chi connectivity index (χ1v) is 8.21. The lowest BCUT2D eigenvalue weighted by Crippen LogP contribution is -2.44. The van der Waals surface area contributed by atoms with Crippen LogP contribution in [0.15, 0.2) is 18.2 Å². The largest absolute Gasteiger partial charge is 0.480 e. The zero-order chi connectivity index (χ0) is 19.7. The highest BCUT2D eigenvalue weighted by molar-refractivity contribution is 6.32. The van der Waals surface area contributed by atoms with Crippen molar-refractivity contribution in [3.63, 3.8) is 0 Å². The van der Waals surface area contributed by atoms with Gasteiger partial charge in [0.1, 0.15) is 17.6 Å². The number of benzene rings is 1. The van der Waals surface area contributed by atoms with Crippen LogP contribution in [-0.2, 0) is 23.9 Å². The molecule has 0 saturated heterocycles. The molecule has 9 heteroatoms. The fraction of sp³-hybridized carbons (Fsp3) is 0.471. The molecular formula is C17H21ClFNO6. The second-order valence-corrected chi connectivity index (χ2v) is 6.20. The molecule has 0 bridgehead atoms. The molecule has 144 valence electrons. The van der Waals surface area contributed by atoms with Gasteiger partial charge in [0, 0.05) is 0 Å². The van der Waals surface area contributed by atoms with E-state index >= 15 is 0 Å². The minimum atomic E-state index is -0.820. The van der Waals surface area contributed by atoms with Gasteiger partial charge in [0.15, 0.2) is 13.2 Å². The molecule has 1 aromatic rings. The predicted molar refractivity (Wildman–Crippen MR) is 91.3 cm³/mol. The number of carbonyl (C=O) groups is 3. The van der Waals surface area contributed by atoms with Gasteiger partial charge in [0.05, 0.1) is 12.1 Å². The molecule has 1 rings (SSSR count). The molecule has 1 N–H and O–H groups in total. The van der Waals surface area contributed by atoms with Crippen molar-refractivity contribution in [1.82, 2.24) is 5.32 Å². The maximum Gasteiger partial charge on any atom is 0.344 e. The van der Waals surface area contributed by atoms with Gasteiger partial charge in [-0.3, -0.25) is 4.79 Å². The molecule has 0 aromatic heterocycles. The van der Waals surface area contributed by atoms with Gasteiger partial charge in [-0.1, -0.05) is 25.4 Å². The molecule has 1 aromatic carbocycles. The van der Waals surface area contributed by atoms with Crippen molar-refractivity contribution < 1.29 is 33.0 Å². The third-order valence-corrected chi connectivity index (χ3v) is 3.43. The number of amides is 1. The van der Waals surface area contributed by atoms with Crippen LogP contribution in [0.3, 0.4) is 0 Å². The molecule has 0 radical (unpaired) electrons. The summed E-state index contributed by atoms with van der Waals surface area (Å²) in [6, 6.07) is 2.62. The Morgan fingerprint density at radius 2 is 1.92 bits per heavy atom. The van der Waals surface area contributed by atoms with Crippen molar-refractivity contribution in [3.05, 3.63) is 29.0 Å². The molecule has 1 atom stereocenters. The number of nitrogens with one attached hydrogen (secondary N) is 1. The molecule has 0 aliphatic heterocycles. The zero-order valence-electron chi connectivity index (χ0n) is 14.7. The first kappa shape index (κ1) is 21.7. The Balaban J connectivity index is 2.42. The summed E-state index contributed by atoms with van der Waals surface area (Å²) in [6.45, 7) is 2.69. The fourth-order valence-corrected chi connectivity index (χ4v) is 2.20. The Kier molecular flexibility index (Phi) is 8.84. The number of hydrogen-bond acceptors (Lipinski definition) is 6. The van der Waals surface area contributed by atoms with E-state index in [0.29, 0.717) is 6.42 Å². The maximum atomic E-state index is 12.9. The van der Waals surface area contributed by atoms with Crippen molar-refractivity contribution in [2.24, 2.45) is 5.92 Å². The van der Waals surface area contributed by atoms with Gasteiger partial charge in [0.25, 0.3) is 5.91 Å². The molecule has 0 saturated carbocycles. The highest BCUT2D eigenvalue weighted by Crippen LogP contribution is 2.24. The van der Waals surface area contributed by atoms with Gasteiger partial charge in [0.2, 0.25) is 0 Å². The predicted octanol–water partition coefficient (Wildman–Crippen LogP) is 2.10. The minimum Gasteiger partial charge on any atom is -0.480 e. The van der Waals surface area contributed by atoms with E-state index in [0.717, 1.165) is 12.1 Å². The summed E-state index contributed by atoms with van der Waals surface area (Å²) >= 11 is 5.76. The van der Waals surface area contributed by atoms with Crippen molar-refractivity contribution in [3.8, 4) is 5.75 Å². The van der Waals surface area contributed by atoms with E-state index in [2.05, 4.69) is 10.1 Å². The Labute approximate surface area is 155 Å². The number of carbonyl (C=O) groups excluding carboxylic acids is 3. The molecule has 7 nitrogen and oxygen atoms in total. The summed E-state index contributed by atoms with van der Waals surface area (Å²) in [7, 11) is 1.22. The van der Waals surface area contributed by atoms with Gasteiger partial charge < -0.3 is 19.5 Å². The lowest BCUT2D eigenvalue weighted by atomic mass is 10.0. The lowest BCUT2D eigenvalue weighted by Gasteiger charge is -2.18. The van der Waals surface area contributed by atoms with Crippen molar-refractivity contribution in [2.75, 3.05) is 20.3 Å². The second-order valence-electron chi connectivity index (χ2n) is 5.80. The van der Waals surface area contributed by atoms with Crippen LogP contribution < -0.4 is 10.1 Å². The van der Waals surface area contributed by atoms with Crippen LogP contribution >= 0.6 is 11.6 Å². The molecule has 0 fully saturated rings. The van der Waals surface area contributed by atoms with Gasteiger partial charge in [-0.25, -0.2) is 14.0 Å². The summed E-state index contributed by atoms with van der Waals surface area (Å²) in [5.41, 5.74) is 0. The average Bonchev–Trinajstić information content (AvgIpc) is 2.57.